The zero-order valence-corrected chi connectivity index (χ0v) is 16.8. The van der Waals surface area contributed by atoms with Gasteiger partial charge in [-0.1, -0.05) is 96.1 Å². The molecule has 0 radical (unpaired) electrons. The van der Waals surface area contributed by atoms with Crippen LogP contribution in [0.25, 0.3) is 11.0 Å². The molecule has 146 valence electrons. The van der Waals surface area contributed by atoms with E-state index in [0.29, 0.717) is 6.61 Å². The van der Waals surface area contributed by atoms with Gasteiger partial charge in [-0.2, -0.15) is 0 Å². The number of ether oxygens (including phenoxy) is 1. The molecule has 0 bridgehead atoms. The van der Waals surface area contributed by atoms with Crippen LogP contribution < -0.4 is 0 Å². The van der Waals surface area contributed by atoms with Gasteiger partial charge in [-0.15, -0.1) is 0 Å². The first-order valence-corrected chi connectivity index (χ1v) is 10.9. The highest BCUT2D eigenvalue weighted by Gasteiger charge is 2.01. The molecule has 26 heavy (non-hydrogen) atoms. The predicted octanol–water partition coefficient (Wildman–Crippen LogP) is 7.17. The Balaban J connectivity index is 1.34. The Morgan fingerprint density at radius 2 is 1.35 bits per heavy atom. The molecule has 2 rings (SSSR count). The predicted molar refractivity (Wildman–Crippen MR) is 111 cm³/mol. The summed E-state index contributed by atoms with van der Waals surface area (Å²) in [6.45, 7) is 3.72. The van der Waals surface area contributed by atoms with Crippen LogP contribution in [0.5, 0.6) is 0 Å². The highest BCUT2D eigenvalue weighted by molar-refractivity contribution is 5.74. The average Bonchev–Trinajstić information content (AvgIpc) is 3.07. The topological polar surface area (TPSA) is 37.9 Å². The van der Waals surface area contributed by atoms with Gasteiger partial charge in [-0.05, 0) is 18.6 Å². The molecule has 0 aliphatic heterocycles. The molecule has 0 spiro atoms. The van der Waals surface area contributed by atoms with E-state index in [4.69, 9.17) is 4.74 Å². The molecule has 2 aromatic rings. The maximum Gasteiger partial charge on any atom is 0.133 e. The van der Waals surface area contributed by atoms with Crippen molar-refractivity contribution in [3.8, 4) is 0 Å². The van der Waals surface area contributed by atoms with Crippen molar-refractivity contribution in [2.75, 3.05) is 6.61 Å². The van der Waals surface area contributed by atoms with E-state index >= 15 is 0 Å². The first kappa shape index (κ1) is 21.0. The number of aromatic amines is 1. The Labute approximate surface area is 159 Å². The van der Waals surface area contributed by atoms with Crippen LogP contribution in [0, 0.1) is 0 Å². The van der Waals surface area contributed by atoms with Crippen molar-refractivity contribution in [2.24, 2.45) is 0 Å². The highest BCUT2D eigenvalue weighted by Crippen LogP contribution is 2.13. The molecule has 1 N–H and O–H groups in total. The van der Waals surface area contributed by atoms with E-state index in [-0.39, 0.29) is 0 Å². The fourth-order valence-corrected chi connectivity index (χ4v) is 3.46. The standard InChI is InChI=1S/C23H38N2O/c1-2-3-4-5-6-7-8-9-10-11-12-13-16-19-26-20-23-24-21-17-14-15-18-22(21)25-23/h14-15,17-18H,2-13,16,19-20H2,1H3,(H,24,25). The molecular weight excluding hydrogens is 320 g/mol. The minimum atomic E-state index is 0.590. The van der Waals surface area contributed by atoms with Crippen molar-refractivity contribution in [1.29, 1.82) is 0 Å². The van der Waals surface area contributed by atoms with Crippen molar-refractivity contribution in [2.45, 2.75) is 97.0 Å². The lowest BCUT2D eigenvalue weighted by atomic mass is 10.0. The van der Waals surface area contributed by atoms with Crippen molar-refractivity contribution in [3.63, 3.8) is 0 Å². The van der Waals surface area contributed by atoms with E-state index in [9.17, 15) is 0 Å². The van der Waals surface area contributed by atoms with Crippen molar-refractivity contribution in [1.82, 2.24) is 9.97 Å². The Hall–Kier alpha value is -1.35. The summed E-state index contributed by atoms with van der Waals surface area (Å²) in [6, 6.07) is 8.13. The molecule has 0 aliphatic carbocycles. The van der Waals surface area contributed by atoms with E-state index in [1.807, 2.05) is 18.2 Å². The smallest absolute Gasteiger partial charge is 0.133 e. The number of unbranched alkanes of at least 4 members (excludes halogenated alkanes) is 12. The number of nitrogens with one attached hydrogen (secondary N) is 1. The summed E-state index contributed by atoms with van der Waals surface area (Å²) < 4.78 is 5.76. The highest BCUT2D eigenvalue weighted by atomic mass is 16.5. The zero-order chi connectivity index (χ0) is 18.3. The first-order chi connectivity index (χ1) is 12.9. The average molecular weight is 359 g/mol. The van der Waals surface area contributed by atoms with Crippen LogP contribution in [-0.2, 0) is 11.3 Å². The van der Waals surface area contributed by atoms with Gasteiger partial charge in [0, 0.05) is 6.61 Å². The van der Waals surface area contributed by atoms with Crippen molar-refractivity contribution >= 4 is 11.0 Å². The number of para-hydroxylation sites is 2. The third kappa shape index (κ3) is 8.84. The van der Waals surface area contributed by atoms with Crippen LogP contribution in [0.15, 0.2) is 24.3 Å². The molecule has 1 heterocycles. The number of aromatic nitrogens is 2. The lowest BCUT2D eigenvalue weighted by molar-refractivity contribution is 0.112. The van der Waals surface area contributed by atoms with Crippen molar-refractivity contribution in [3.05, 3.63) is 30.1 Å². The Bertz CT molecular complexity index is 545. The Morgan fingerprint density at radius 1 is 0.769 bits per heavy atom. The third-order valence-electron chi connectivity index (χ3n) is 5.07. The van der Waals surface area contributed by atoms with Crippen LogP contribution >= 0.6 is 0 Å². The maximum atomic E-state index is 5.76. The van der Waals surface area contributed by atoms with Crippen LogP contribution in [0.2, 0.25) is 0 Å². The minimum Gasteiger partial charge on any atom is -0.374 e. The van der Waals surface area contributed by atoms with Gasteiger partial charge in [0.1, 0.15) is 12.4 Å². The SMILES string of the molecule is CCCCCCCCCCCCCCCOCc1nc2ccccc2[nH]1. The molecule has 1 aromatic heterocycles. The zero-order valence-electron chi connectivity index (χ0n) is 16.8. The number of rotatable bonds is 16. The fraction of sp³-hybridized carbons (Fsp3) is 0.696. The number of hydrogen-bond donors (Lipinski definition) is 1. The second kappa shape index (κ2) is 13.8. The van der Waals surface area contributed by atoms with Crippen LogP contribution in [0.3, 0.4) is 0 Å². The monoisotopic (exact) mass is 358 g/mol. The number of hydrogen-bond acceptors (Lipinski definition) is 2. The molecule has 3 nitrogen and oxygen atoms in total. The molecule has 0 amide bonds. The second-order valence-corrected chi connectivity index (χ2v) is 7.50. The molecule has 0 fully saturated rings. The number of fused-ring (bicyclic) bond motifs is 1. The fourth-order valence-electron chi connectivity index (χ4n) is 3.46. The van der Waals surface area contributed by atoms with Gasteiger partial charge in [0.05, 0.1) is 11.0 Å². The number of benzene rings is 1. The summed E-state index contributed by atoms with van der Waals surface area (Å²) in [5.41, 5.74) is 2.11. The molecule has 0 aliphatic rings. The number of H-pyrrole nitrogens is 1. The minimum absolute atomic E-state index is 0.590. The van der Waals surface area contributed by atoms with Gasteiger partial charge in [-0.25, -0.2) is 4.98 Å². The summed E-state index contributed by atoms with van der Waals surface area (Å²) in [4.78, 5) is 7.84. The van der Waals surface area contributed by atoms with E-state index in [1.165, 1.54) is 77.0 Å². The molecular formula is C23H38N2O. The van der Waals surface area contributed by atoms with Gasteiger partial charge in [0.15, 0.2) is 0 Å². The van der Waals surface area contributed by atoms with Crippen LogP contribution in [0.1, 0.15) is 96.2 Å². The molecule has 0 saturated carbocycles. The summed E-state index contributed by atoms with van der Waals surface area (Å²) in [5.74, 6) is 0.931. The normalized spacial score (nSPS) is 11.4. The quantitative estimate of drug-likeness (QED) is 0.323. The van der Waals surface area contributed by atoms with Crippen molar-refractivity contribution < 1.29 is 4.74 Å². The third-order valence-corrected chi connectivity index (χ3v) is 5.07. The van der Waals surface area contributed by atoms with E-state index < -0.39 is 0 Å². The largest absolute Gasteiger partial charge is 0.374 e. The molecule has 0 saturated heterocycles. The second-order valence-electron chi connectivity index (χ2n) is 7.50. The van der Waals surface area contributed by atoms with Gasteiger partial charge in [-0.3, -0.25) is 0 Å². The number of nitrogens with zero attached hydrogens (tertiary/aromatic N) is 1. The van der Waals surface area contributed by atoms with Gasteiger partial charge in [0.25, 0.3) is 0 Å². The van der Waals surface area contributed by atoms with Crippen LogP contribution in [-0.4, -0.2) is 16.6 Å². The summed E-state index contributed by atoms with van der Waals surface area (Å²) in [7, 11) is 0. The molecule has 0 atom stereocenters. The Morgan fingerprint density at radius 3 is 1.96 bits per heavy atom. The first-order valence-electron chi connectivity index (χ1n) is 10.9. The van der Waals surface area contributed by atoms with E-state index in [1.54, 1.807) is 0 Å². The van der Waals surface area contributed by atoms with Gasteiger partial charge < -0.3 is 9.72 Å². The van der Waals surface area contributed by atoms with E-state index in [0.717, 1.165) is 29.9 Å². The molecule has 0 unspecified atom stereocenters. The van der Waals surface area contributed by atoms with Gasteiger partial charge in [0.2, 0.25) is 0 Å². The van der Waals surface area contributed by atoms with Crippen LogP contribution in [0.4, 0.5) is 0 Å². The Kier molecular flexibility index (Phi) is 11.1. The van der Waals surface area contributed by atoms with E-state index in [2.05, 4.69) is 23.0 Å². The summed E-state index contributed by atoms with van der Waals surface area (Å²) in [5, 5.41) is 0. The molecule has 3 heteroatoms. The summed E-state index contributed by atoms with van der Waals surface area (Å²) in [6.07, 6.45) is 18.0. The molecule has 1 aromatic carbocycles. The lowest BCUT2D eigenvalue weighted by Gasteiger charge is -2.04. The van der Waals surface area contributed by atoms with Gasteiger partial charge >= 0.3 is 0 Å². The number of imidazole rings is 1. The summed E-state index contributed by atoms with van der Waals surface area (Å²) >= 11 is 0. The maximum absolute atomic E-state index is 5.76. The lowest BCUT2D eigenvalue weighted by Crippen LogP contribution is -1.97.